The van der Waals surface area contributed by atoms with Crippen molar-refractivity contribution in [3.63, 3.8) is 0 Å². The molecule has 5 rings (SSSR count). The first-order valence-corrected chi connectivity index (χ1v) is 10.4. The van der Waals surface area contributed by atoms with Crippen LogP contribution in [0.5, 0.6) is 0 Å². The molecule has 0 bridgehead atoms. The number of hydrogen-bond acceptors (Lipinski definition) is 4. The van der Waals surface area contributed by atoms with Crippen molar-refractivity contribution >= 4 is 11.0 Å². The van der Waals surface area contributed by atoms with E-state index in [1.165, 1.54) is 18.3 Å². The molecular weight excluding hydrogens is 419 g/mol. The van der Waals surface area contributed by atoms with Gasteiger partial charge in [0, 0.05) is 37.2 Å². The third-order valence-corrected chi connectivity index (χ3v) is 5.95. The molecule has 32 heavy (non-hydrogen) atoms. The fourth-order valence-corrected chi connectivity index (χ4v) is 4.28. The first-order valence-electron chi connectivity index (χ1n) is 10.4. The lowest BCUT2D eigenvalue weighted by Gasteiger charge is -2.28. The van der Waals surface area contributed by atoms with Crippen LogP contribution >= 0.6 is 0 Å². The standard InChI is InChI=1S/C23H20F3N5O/c24-16-4-3-14(18(11-16)15-2-1-9-27-12-15)10-20-29-21-19(22(32)30-20)13-28-31(21)17-5-7-23(25,26)8-6-17/h1-4,9,11-13,17H,5-8,10H2,(H,29,30,32). The lowest BCUT2D eigenvalue weighted by atomic mass is 9.92. The number of aromatic amines is 1. The van der Waals surface area contributed by atoms with Crippen LogP contribution in [0.4, 0.5) is 13.2 Å². The number of aromatic nitrogens is 5. The Morgan fingerprint density at radius 3 is 2.72 bits per heavy atom. The smallest absolute Gasteiger partial charge is 0.262 e. The number of pyridine rings is 1. The van der Waals surface area contributed by atoms with Crippen LogP contribution in [-0.2, 0) is 6.42 Å². The molecule has 0 spiro atoms. The van der Waals surface area contributed by atoms with E-state index in [2.05, 4.69) is 20.1 Å². The molecule has 0 saturated heterocycles. The number of fused-ring (bicyclic) bond motifs is 1. The highest BCUT2D eigenvalue weighted by molar-refractivity contribution is 5.73. The molecule has 1 aliphatic carbocycles. The zero-order valence-electron chi connectivity index (χ0n) is 17.1. The Labute approximate surface area is 181 Å². The molecule has 3 aromatic heterocycles. The number of alkyl halides is 2. The van der Waals surface area contributed by atoms with Gasteiger partial charge in [-0.1, -0.05) is 12.1 Å². The first-order chi connectivity index (χ1) is 15.4. The average Bonchev–Trinajstić information content (AvgIpc) is 3.20. The van der Waals surface area contributed by atoms with Gasteiger partial charge in [0.25, 0.3) is 5.56 Å². The number of hydrogen-bond donors (Lipinski definition) is 1. The zero-order valence-corrected chi connectivity index (χ0v) is 17.1. The number of nitrogens with one attached hydrogen (secondary N) is 1. The van der Waals surface area contributed by atoms with Crippen LogP contribution in [-0.4, -0.2) is 30.7 Å². The van der Waals surface area contributed by atoms with Crippen molar-refractivity contribution in [2.45, 2.75) is 44.1 Å². The lowest BCUT2D eigenvalue weighted by Crippen LogP contribution is -2.27. The predicted octanol–water partition coefficient (Wildman–Crippen LogP) is 4.66. The Balaban J connectivity index is 1.52. The summed E-state index contributed by atoms with van der Waals surface area (Å²) < 4.78 is 42.7. The van der Waals surface area contributed by atoms with Gasteiger partial charge in [-0.05, 0) is 42.2 Å². The van der Waals surface area contributed by atoms with Gasteiger partial charge in [0.15, 0.2) is 5.65 Å². The highest BCUT2D eigenvalue weighted by atomic mass is 19.3. The van der Waals surface area contributed by atoms with Crippen molar-refractivity contribution in [1.82, 2.24) is 24.7 Å². The van der Waals surface area contributed by atoms with E-state index < -0.39 is 5.92 Å². The van der Waals surface area contributed by atoms with E-state index in [-0.39, 0.29) is 49.5 Å². The molecule has 0 atom stereocenters. The molecule has 0 amide bonds. The van der Waals surface area contributed by atoms with Crippen LogP contribution in [0.2, 0.25) is 0 Å². The Morgan fingerprint density at radius 1 is 1.16 bits per heavy atom. The molecule has 1 aliphatic rings. The minimum atomic E-state index is -2.65. The summed E-state index contributed by atoms with van der Waals surface area (Å²) in [6.45, 7) is 0. The van der Waals surface area contributed by atoms with Gasteiger partial charge in [-0.25, -0.2) is 22.8 Å². The van der Waals surface area contributed by atoms with Gasteiger partial charge in [0.1, 0.15) is 17.0 Å². The van der Waals surface area contributed by atoms with E-state index in [0.29, 0.717) is 22.4 Å². The molecule has 1 N–H and O–H groups in total. The maximum absolute atomic E-state index is 14.0. The van der Waals surface area contributed by atoms with E-state index in [1.807, 2.05) is 6.07 Å². The summed E-state index contributed by atoms with van der Waals surface area (Å²) in [5, 5.41) is 4.60. The van der Waals surface area contributed by atoms with Crippen LogP contribution in [0.15, 0.2) is 53.7 Å². The number of H-pyrrole nitrogens is 1. The second-order valence-corrected chi connectivity index (χ2v) is 8.15. The van der Waals surface area contributed by atoms with Gasteiger partial charge in [-0.3, -0.25) is 9.78 Å². The van der Waals surface area contributed by atoms with Gasteiger partial charge in [0.05, 0.1) is 12.2 Å². The number of rotatable bonds is 4. The Kier molecular flexibility index (Phi) is 5.03. The molecule has 0 aliphatic heterocycles. The number of benzene rings is 1. The summed E-state index contributed by atoms with van der Waals surface area (Å²) in [5.41, 5.74) is 2.21. The minimum absolute atomic E-state index is 0.209. The van der Waals surface area contributed by atoms with Gasteiger partial charge < -0.3 is 4.98 Å². The molecule has 0 unspecified atom stereocenters. The Morgan fingerprint density at radius 2 is 1.97 bits per heavy atom. The Hall–Kier alpha value is -3.49. The van der Waals surface area contributed by atoms with Crippen molar-refractivity contribution < 1.29 is 13.2 Å². The molecule has 164 valence electrons. The monoisotopic (exact) mass is 439 g/mol. The zero-order chi connectivity index (χ0) is 22.3. The maximum Gasteiger partial charge on any atom is 0.262 e. The third kappa shape index (κ3) is 3.90. The maximum atomic E-state index is 14.0. The van der Waals surface area contributed by atoms with Gasteiger partial charge in [-0.2, -0.15) is 5.10 Å². The van der Waals surface area contributed by atoms with Crippen LogP contribution in [0.25, 0.3) is 22.2 Å². The van der Waals surface area contributed by atoms with Crippen LogP contribution in [0.1, 0.15) is 43.1 Å². The summed E-state index contributed by atoms with van der Waals surface area (Å²) >= 11 is 0. The normalized spacial score (nSPS) is 16.5. The van der Waals surface area contributed by atoms with Crippen LogP contribution < -0.4 is 5.56 Å². The topological polar surface area (TPSA) is 76.5 Å². The molecule has 0 radical (unpaired) electrons. The van der Waals surface area contributed by atoms with Crippen LogP contribution in [0.3, 0.4) is 0 Å². The van der Waals surface area contributed by atoms with Crippen molar-refractivity contribution in [2.24, 2.45) is 0 Å². The van der Waals surface area contributed by atoms with Crippen LogP contribution in [0, 0.1) is 5.82 Å². The minimum Gasteiger partial charge on any atom is -0.310 e. The van der Waals surface area contributed by atoms with E-state index >= 15 is 0 Å². The van der Waals surface area contributed by atoms with Crippen molar-refractivity contribution in [3.8, 4) is 11.1 Å². The second-order valence-electron chi connectivity index (χ2n) is 8.15. The molecule has 4 aromatic rings. The molecule has 9 heteroatoms. The van der Waals surface area contributed by atoms with E-state index in [9.17, 15) is 18.0 Å². The summed E-state index contributed by atoms with van der Waals surface area (Å²) in [5.74, 6) is -2.64. The fraction of sp³-hybridized carbons (Fsp3) is 0.304. The summed E-state index contributed by atoms with van der Waals surface area (Å²) in [6.07, 6.45) is 5.09. The van der Waals surface area contributed by atoms with Crippen molar-refractivity contribution in [1.29, 1.82) is 0 Å². The fourth-order valence-electron chi connectivity index (χ4n) is 4.28. The van der Waals surface area contributed by atoms with Gasteiger partial charge in [-0.15, -0.1) is 0 Å². The molecule has 1 fully saturated rings. The first kappa shape index (κ1) is 20.4. The molecule has 1 aromatic carbocycles. The quantitative estimate of drug-likeness (QED) is 0.502. The van der Waals surface area contributed by atoms with E-state index in [0.717, 1.165) is 11.1 Å². The summed E-state index contributed by atoms with van der Waals surface area (Å²) in [4.78, 5) is 24.1. The molecular formula is C23H20F3N5O. The number of nitrogens with zero attached hydrogens (tertiary/aromatic N) is 4. The molecule has 1 saturated carbocycles. The second kappa shape index (κ2) is 7.89. The molecule has 3 heterocycles. The molecule has 6 nitrogen and oxygen atoms in total. The van der Waals surface area contributed by atoms with Gasteiger partial charge in [0.2, 0.25) is 5.92 Å². The Bertz CT molecular complexity index is 1320. The van der Waals surface area contributed by atoms with Crippen molar-refractivity contribution in [3.05, 3.63) is 76.5 Å². The van der Waals surface area contributed by atoms with Gasteiger partial charge >= 0.3 is 0 Å². The summed E-state index contributed by atoms with van der Waals surface area (Å²) in [7, 11) is 0. The highest BCUT2D eigenvalue weighted by Gasteiger charge is 2.36. The number of halogens is 3. The lowest BCUT2D eigenvalue weighted by molar-refractivity contribution is -0.0446. The van der Waals surface area contributed by atoms with E-state index in [4.69, 9.17) is 0 Å². The highest BCUT2D eigenvalue weighted by Crippen LogP contribution is 2.38. The third-order valence-electron chi connectivity index (χ3n) is 5.95. The summed E-state index contributed by atoms with van der Waals surface area (Å²) in [6, 6.07) is 7.81. The van der Waals surface area contributed by atoms with E-state index in [1.54, 1.807) is 29.2 Å². The largest absolute Gasteiger partial charge is 0.310 e. The predicted molar refractivity (Wildman–Crippen MR) is 113 cm³/mol. The van der Waals surface area contributed by atoms with Crippen molar-refractivity contribution in [2.75, 3.05) is 0 Å². The average molecular weight is 439 g/mol. The SMILES string of the molecule is O=c1[nH]c(Cc2ccc(F)cc2-c2cccnc2)nc2c1cnn2C1CCC(F)(F)CC1.